The van der Waals surface area contributed by atoms with Crippen molar-refractivity contribution >= 4 is 16.7 Å². The molecule has 0 unspecified atom stereocenters. The van der Waals surface area contributed by atoms with Gasteiger partial charge in [0.1, 0.15) is 0 Å². The fraction of sp³-hybridized carbons (Fsp3) is 0.182. The third kappa shape index (κ3) is 2.81. The summed E-state index contributed by atoms with van der Waals surface area (Å²) >= 11 is 0. The van der Waals surface area contributed by atoms with Crippen molar-refractivity contribution in [2.45, 2.75) is 19.9 Å². The second-order valence-corrected chi connectivity index (χ2v) is 6.77. The molecule has 0 spiro atoms. The highest BCUT2D eigenvalue weighted by molar-refractivity contribution is 5.82. The predicted octanol–water partition coefficient (Wildman–Crippen LogP) is 4.28. The van der Waals surface area contributed by atoms with E-state index in [1.165, 1.54) is 10.9 Å². The maximum Gasteiger partial charge on any atom is 0.236 e. The zero-order valence-electron chi connectivity index (χ0n) is 15.1. The molecule has 1 N–H and O–H groups in total. The summed E-state index contributed by atoms with van der Waals surface area (Å²) in [5.41, 5.74) is 4.40. The van der Waals surface area contributed by atoms with Gasteiger partial charge in [-0.15, -0.1) is 0 Å². The summed E-state index contributed by atoms with van der Waals surface area (Å²) in [6.07, 6.45) is 0.809. The molecule has 0 amide bonds. The summed E-state index contributed by atoms with van der Waals surface area (Å²) in [6, 6.07) is 20.8. The first-order valence-electron chi connectivity index (χ1n) is 9.18. The van der Waals surface area contributed by atoms with E-state index in [2.05, 4.69) is 53.2 Å². The van der Waals surface area contributed by atoms with Crippen LogP contribution in [0.25, 0.3) is 16.9 Å². The van der Waals surface area contributed by atoms with Gasteiger partial charge in [0.2, 0.25) is 5.95 Å². The lowest BCUT2D eigenvalue weighted by Gasteiger charge is -2.13. The lowest BCUT2D eigenvalue weighted by molar-refractivity contribution is 0.357. The second kappa shape index (κ2) is 6.43. The number of rotatable bonds is 4. The van der Waals surface area contributed by atoms with Gasteiger partial charge in [-0.2, -0.15) is 4.98 Å². The number of aromatic nitrogens is 3. The van der Waals surface area contributed by atoms with E-state index in [4.69, 9.17) is 14.7 Å². The van der Waals surface area contributed by atoms with Crippen molar-refractivity contribution in [2.24, 2.45) is 0 Å². The third-order valence-corrected chi connectivity index (χ3v) is 4.91. The molecule has 0 atom stereocenters. The van der Waals surface area contributed by atoms with Gasteiger partial charge in [0.05, 0.1) is 17.8 Å². The van der Waals surface area contributed by atoms with Gasteiger partial charge in [0.15, 0.2) is 11.6 Å². The summed E-state index contributed by atoms with van der Waals surface area (Å²) in [7, 11) is 0. The van der Waals surface area contributed by atoms with Crippen LogP contribution in [0.5, 0.6) is 5.75 Å². The molecular weight excluding hydrogens is 336 g/mol. The molecule has 0 saturated heterocycles. The molecule has 2 aromatic carbocycles. The van der Waals surface area contributed by atoms with Crippen molar-refractivity contribution in [3.63, 3.8) is 0 Å². The van der Waals surface area contributed by atoms with Gasteiger partial charge in [0.25, 0.3) is 0 Å². The average Bonchev–Trinajstić information content (AvgIpc) is 3.30. The molecule has 134 valence electrons. The maximum atomic E-state index is 5.81. The molecule has 27 heavy (non-hydrogen) atoms. The van der Waals surface area contributed by atoms with Gasteiger partial charge in [-0.25, -0.2) is 4.98 Å². The summed E-state index contributed by atoms with van der Waals surface area (Å²) in [5, 5.41) is 4.63. The molecule has 0 fully saturated rings. The van der Waals surface area contributed by atoms with E-state index in [1.807, 2.05) is 24.3 Å². The summed E-state index contributed by atoms with van der Waals surface area (Å²) in [4.78, 5) is 9.64. The van der Waals surface area contributed by atoms with Crippen LogP contribution in [-0.2, 0) is 13.0 Å². The molecule has 1 aliphatic rings. The third-order valence-electron chi connectivity index (χ3n) is 4.91. The van der Waals surface area contributed by atoms with Crippen molar-refractivity contribution in [2.75, 3.05) is 11.9 Å². The van der Waals surface area contributed by atoms with Crippen molar-refractivity contribution in [3.05, 3.63) is 77.6 Å². The Labute approximate surface area is 157 Å². The largest absolute Gasteiger partial charge is 0.487 e. The topological polar surface area (TPSA) is 52.0 Å². The molecule has 1 aliphatic heterocycles. The molecular formula is C22H20N4O. The number of ether oxygens (including phenoxy) is 1. The van der Waals surface area contributed by atoms with Crippen LogP contribution in [0, 0.1) is 6.92 Å². The molecule has 0 saturated carbocycles. The van der Waals surface area contributed by atoms with Gasteiger partial charge in [0, 0.05) is 24.0 Å². The van der Waals surface area contributed by atoms with E-state index >= 15 is 0 Å². The van der Waals surface area contributed by atoms with Crippen LogP contribution in [0.2, 0.25) is 0 Å². The molecule has 0 radical (unpaired) electrons. The zero-order valence-corrected chi connectivity index (χ0v) is 15.1. The van der Waals surface area contributed by atoms with E-state index in [0.717, 1.165) is 34.9 Å². The predicted molar refractivity (Wildman–Crippen MR) is 107 cm³/mol. The minimum atomic E-state index is 0.652. The van der Waals surface area contributed by atoms with E-state index in [9.17, 15) is 0 Å². The first-order valence-corrected chi connectivity index (χ1v) is 9.18. The number of aryl methyl sites for hydroxylation is 1. The number of nitrogens with one attached hydrogen (secondary N) is 1. The van der Waals surface area contributed by atoms with Crippen LogP contribution in [-0.4, -0.2) is 21.1 Å². The van der Waals surface area contributed by atoms with Crippen LogP contribution < -0.4 is 10.1 Å². The summed E-state index contributed by atoms with van der Waals surface area (Å²) < 4.78 is 7.92. The Bertz CT molecular complexity index is 1120. The molecule has 5 nitrogen and oxygen atoms in total. The maximum absolute atomic E-state index is 5.81. The Balaban J connectivity index is 1.58. The highest BCUT2D eigenvalue weighted by atomic mass is 16.5. The number of nitrogens with zero attached hydrogens (tertiary/aromatic N) is 3. The average molecular weight is 356 g/mol. The Morgan fingerprint density at radius 3 is 2.74 bits per heavy atom. The molecule has 5 heteroatoms. The quantitative estimate of drug-likeness (QED) is 0.593. The molecule has 4 aromatic rings. The van der Waals surface area contributed by atoms with E-state index in [1.54, 1.807) is 0 Å². The zero-order chi connectivity index (χ0) is 18.2. The van der Waals surface area contributed by atoms with Crippen molar-refractivity contribution in [3.8, 4) is 11.7 Å². The summed E-state index contributed by atoms with van der Waals surface area (Å²) in [5.74, 6) is 2.23. The van der Waals surface area contributed by atoms with Crippen molar-refractivity contribution in [1.29, 1.82) is 0 Å². The monoisotopic (exact) mass is 356 g/mol. The van der Waals surface area contributed by atoms with Crippen LogP contribution in [0.1, 0.15) is 17.0 Å². The second-order valence-electron chi connectivity index (χ2n) is 6.77. The fourth-order valence-electron chi connectivity index (χ4n) is 3.61. The highest BCUT2D eigenvalue weighted by Gasteiger charge is 2.22. The van der Waals surface area contributed by atoms with E-state index < -0.39 is 0 Å². The van der Waals surface area contributed by atoms with Crippen molar-refractivity contribution in [1.82, 2.24) is 14.5 Å². The highest BCUT2D eigenvalue weighted by Crippen LogP contribution is 2.33. The number of anilines is 1. The Hall–Kier alpha value is -3.34. The van der Waals surface area contributed by atoms with Crippen LogP contribution in [0.15, 0.2) is 60.7 Å². The minimum absolute atomic E-state index is 0.652. The fourth-order valence-corrected chi connectivity index (χ4v) is 3.61. The minimum Gasteiger partial charge on any atom is -0.487 e. The van der Waals surface area contributed by atoms with E-state index in [-0.39, 0.29) is 0 Å². The Morgan fingerprint density at radius 1 is 1.04 bits per heavy atom. The van der Waals surface area contributed by atoms with Crippen LogP contribution in [0.4, 0.5) is 5.82 Å². The number of hydrogen-bond donors (Lipinski definition) is 1. The SMILES string of the molecule is Cc1cc2ccccc2n1-c1nc2c(c(NCc3ccccc3)n1)OCC2. The first-order chi connectivity index (χ1) is 13.3. The van der Waals surface area contributed by atoms with Gasteiger partial charge in [-0.3, -0.25) is 4.57 Å². The molecule has 0 aliphatic carbocycles. The normalized spacial score (nSPS) is 12.8. The number of para-hydroxylation sites is 1. The number of fused-ring (bicyclic) bond motifs is 2. The molecule has 5 rings (SSSR count). The first kappa shape index (κ1) is 15.9. The Morgan fingerprint density at radius 2 is 1.85 bits per heavy atom. The molecule has 0 bridgehead atoms. The van der Waals surface area contributed by atoms with E-state index in [0.29, 0.717) is 19.1 Å². The van der Waals surface area contributed by atoms with Gasteiger partial charge >= 0.3 is 0 Å². The molecule has 2 aromatic heterocycles. The van der Waals surface area contributed by atoms with Gasteiger partial charge in [-0.1, -0.05) is 48.5 Å². The lowest BCUT2D eigenvalue weighted by Crippen LogP contribution is -2.09. The summed E-state index contributed by atoms with van der Waals surface area (Å²) in [6.45, 7) is 3.43. The standard InChI is InChI=1S/C22H20N4O/c1-15-13-17-9-5-6-10-19(17)26(15)22-24-18-11-12-27-20(18)21(25-22)23-14-16-7-3-2-4-8-16/h2-10,13H,11-12,14H2,1H3,(H,23,24,25). The number of hydrogen-bond acceptors (Lipinski definition) is 4. The lowest BCUT2D eigenvalue weighted by atomic mass is 10.2. The molecule has 3 heterocycles. The van der Waals surface area contributed by atoms with Crippen LogP contribution in [0.3, 0.4) is 0 Å². The van der Waals surface area contributed by atoms with Crippen LogP contribution >= 0.6 is 0 Å². The smallest absolute Gasteiger partial charge is 0.236 e. The Kier molecular flexibility index (Phi) is 3.78. The van der Waals surface area contributed by atoms with Gasteiger partial charge < -0.3 is 10.1 Å². The van der Waals surface area contributed by atoms with Crippen molar-refractivity contribution < 1.29 is 4.74 Å². The number of benzene rings is 2. The van der Waals surface area contributed by atoms with Gasteiger partial charge in [-0.05, 0) is 24.6 Å².